The van der Waals surface area contributed by atoms with E-state index in [1.54, 1.807) is 6.20 Å². The van der Waals surface area contributed by atoms with Crippen LogP contribution in [0.25, 0.3) is 0 Å². The topological polar surface area (TPSA) is 60.2 Å². The zero-order valence-electron chi connectivity index (χ0n) is 11.3. The second kappa shape index (κ2) is 6.09. The maximum absolute atomic E-state index is 5.70. The SMILES string of the molecule is Cc1ccc(OCC(C)Nc2ccc(N)cn2)cc1. The summed E-state index contributed by atoms with van der Waals surface area (Å²) in [6.07, 6.45) is 1.63. The summed E-state index contributed by atoms with van der Waals surface area (Å²) in [5.74, 6) is 1.68. The number of pyridine rings is 1. The Morgan fingerprint density at radius 3 is 2.58 bits per heavy atom. The second-order valence-electron chi connectivity index (χ2n) is 4.65. The van der Waals surface area contributed by atoms with E-state index in [0.29, 0.717) is 12.3 Å². The van der Waals surface area contributed by atoms with Gasteiger partial charge in [0.15, 0.2) is 0 Å². The van der Waals surface area contributed by atoms with Crippen LogP contribution in [0.5, 0.6) is 5.75 Å². The number of aromatic nitrogens is 1. The van der Waals surface area contributed by atoms with Gasteiger partial charge in [0.05, 0.1) is 17.9 Å². The van der Waals surface area contributed by atoms with Gasteiger partial charge >= 0.3 is 0 Å². The predicted molar refractivity (Wildman–Crippen MR) is 78.4 cm³/mol. The molecule has 0 aliphatic carbocycles. The van der Waals surface area contributed by atoms with E-state index in [4.69, 9.17) is 10.5 Å². The van der Waals surface area contributed by atoms with Crippen molar-refractivity contribution in [1.82, 2.24) is 4.98 Å². The molecule has 0 bridgehead atoms. The molecule has 1 heterocycles. The van der Waals surface area contributed by atoms with Crippen molar-refractivity contribution in [2.45, 2.75) is 19.9 Å². The highest BCUT2D eigenvalue weighted by Gasteiger charge is 2.04. The van der Waals surface area contributed by atoms with E-state index >= 15 is 0 Å². The zero-order valence-corrected chi connectivity index (χ0v) is 11.3. The summed E-state index contributed by atoms with van der Waals surface area (Å²) < 4.78 is 5.70. The highest BCUT2D eigenvalue weighted by molar-refractivity contribution is 5.44. The fourth-order valence-electron chi connectivity index (χ4n) is 1.64. The summed E-state index contributed by atoms with van der Waals surface area (Å²) in [6.45, 7) is 4.68. The smallest absolute Gasteiger partial charge is 0.126 e. The molecule has 2 rings (SSSR count). The number of hydrogen-bond acceptors (Lipinski definition) is 4. The first-order valence-corrected chi connectivity index (χ1v) is 6.31. The quantitative estimate of drug-likeness (QED) is 0.864. The fraction of sp³-hybridized carbons (Fsp3) is 0.267. The van der Waals surface area contributed by atoms with Gasteiger partial charge in [-0.05, 0) is 38.1 Å². The molecule has 3 N–H and O–H groups in total. The van der Waals surface area contributed by atoms with Crippen LogP contribution in [0.3, 0.4) is 0 Å². The average Bonchev–Trinajstić information content (AvgIpc) is 2.41. The minimum absolute atomic E-state index is 0.164. The molecule has 1 aromatic carbocycles. The largest absolute Gasteiger partial charge is 0.491 e. The van der Waals surface area contributed by atoms with Crippen molar-refractivity contribution in [2.24, 2.45) is 0 Å². The lowest BCUT2D eigenvalue weighted by atomic mass is 10.2. The number of aryl methyl sites for hydroxylation is 1. The van der Waals surface area contributed by atoms with Crippen molar-refractivity contribution >= 4 is 11.5 Å². The molecule has 1 aromatic heterocycles. The summed E-state index contributed by atoms with van der Waals surface area (Å²) in [7, 11) is 0. The van der Waals surface area contributed by atoms with Gasteiger partial charge in [-0.1, -0.05) is 17.7 Å². The van der Waals surface area contributed by atoms with Crippen LogP contribution in [0.2, 0.25) is 0 Å². The summed E-state index contributed by atoms with van der Waals surface area (Å²) in [4.78, 5) is 4.19. The number of nitrogens with zero attached hydrogens (tertiary/aromatic N) is 1. The third-order valence-corrected chi connectivity index (χ3v) is 2.70. The number of nitrogens with one attached hydrogen (secondary N) is 1. The molecule has 0 amide bonds. The maximum Gasteiger partial charge on any atom is 0.126 e. The van der Waals surface area contributed by atoms with E-state index in [1.807, 2.05) is 43.3 Å². The van der Waals surface area contributed by atoms with Gasteiger partial charge in [-0.15, -0.1) is 0 Å². The number of anilines is 2. The molecule has 0 spiro atoms. The molecular formula is C15H19N3O. The van der Waals surface area contributed by atoms with Crippen molar-refractivity contribution in [3.05, 3.63) is 48.2 Å². The third kappa shape index (κ3) is 4.17. The number of nitrogens with two attached hydrogens (primary N) is 1. The van der Waals surface area contributed by atoms with E-state index in [9.17, 15) is 0 Å². The highest BCUT2D eigenvalue weighted by atomic mass is 16.5. The molecule has 4 heteroatoms. The normalized spacial score (nSPS) is 11.9. The lowest BCUT2D eigenvalue weighted by Crippen LogP contribution is -2.24. The Kier molecular flexibility index (Phi) is 4.23. The summed E-state index contributed by atoms with van der Waals surface area (Å²) in [5.41, 5.74) is 7.48. The maximum atomic E-state index is 5.70. The third-order valence-electron chi connectivity index (χ3n) is 2.70. The van der Waals surface area contributed by atoms with Crippen LogP contribution >= 0.6 is 0 Å². The fourth-order valence-corrected chi connectivity index (χ4v) is 1.64. The first kappa shape index (κ1) is 13.2. The molecule has 0 aliphatic heterocycles. The van der Waals surface area contributed by atoms with Crippen molar-refractivity contribution < 1.29 is 4.74 Å². The summed E-state index contributed by atoms with van der Waals surface area (Å²) >= 11 is 0. The summed E-state index contributed by atoms with van der Waals surface area (Å²) in [5, 5.41) is 3.26. The van der Waals surface area contributed by atoms with Gasteiger partial charge in [-0.25, -0.2) is 4.98 Å². The molecule has 1 atom stereocenters. The lowest BCUT2D eigenvalue weighted by Gasteiger charge is -2.15. The van der Waals surface area contributed by atoms with Gasteiger partial charge < -0.3 is 15.8 Å². The Hall–Kier alpha value is -2.23. The van der Waals surface area contributed by atoms with Crippen LogP contribution in [0.4, 0.5) is 11.5 Å². The molecule has 0 aliphatic rings. The number of rotatable bonds is 5. The van der Waals surface area contributed by atoms with Crippen molar-refractivity contribution in [3.63, 3.8) is 0 Å². The molecule has 0 radical (unpaired) electrons. The Labute approximate surface area is 113 Å². The highest BCUT2D eigenvalue weighted by Crippen LogP contribution is 2.12. The molecule has 0 saturated heterocycles. The molecule has 4 nitrogen and oxygen atoms in total. The van der Waals surface area contributed by atoms with E-state index in [-0.39, 0.29) is 6.04 Å². The zero-order chi connectivity index (χ0) is 13.7. The molecular weight excluding hydrogens is 238 g/mol. The number of hydrogen-bond donors (Lipinski definition) is 2. The van der Waals surface area contributed by atoms with Crippen LogP contribution in [0.15, 0.2) is 42.6 Å². The molecule has 2 aromatic rings. The van der Waals surface area contributed by atoms with Crippen molar-refractivity contribution in [3.8, 4) is 5.75 Å². The van der Waals surface area contributed by atoms with Gasteiger partial charge in [0.2, 0.25) is 0 Å². The van der Waals surface area contributed by atoms with Crippen LogP contribution in [-0.2, 0) is 0 Å². The molecule has 0 saturated carbocycles. The van der Waals surface area contributed by atoms with Crippen LogP contribution < -0.4 is 15.8 Å². The minimum atomic E-state index is 0.164. The van der Waals surface area contributed by atoms with Gasteiger partial charge in [0, 0.05) is 0 Å². The summed E-state index contributed by atoms with van der Waals surface area (Å²) in [6, 6.07) is 11.9. The Morgan fingerprint density at radius 1 is 1.21 bits per heavy atom. The molecule has 19 heavy (non-hydrogen) atoms. The van der Waals surface area contributed by atoms with Crippen LogP contribution in [-0.4, -0.2) is 17.6 Å². The average molecular weight is 257 g/mol. The standard InChI is InChI=1S/C15H19N3O/c1-11-3-6-14(7-4-11)19-10-12(2)18-15-8-5-13(16)9-17-15/h3-9,12H,10,16H2,1-2H3,(H,17,18). The molecule has 0 fully saturated rings. The Morgan fingerprint density at radius 2 is 1.95 bits per heavy atom. The van der Waals surface area contributed by atoms with E-state index < -0.39 is 0 Å². The minimum Gasteiger partial charge on any atom is -0.491 e. The molecule has 100 valence electrons. The number of nitrogen functional groups attached to an aromatic ring is 1. The van der Waals surface area contributed by atoms with Gasteiger partial charge in [0.1, 0.15) is 18.2 Å². The second-order valence-corrected chi connectivity index (χ2v) is 4.65. The van der Waals surface area contributed by atoms with Crippen LogP contribution in [0, 0.1) is 6.92 Å². The first-order valence-electron chi connectivity index (χ1n) is 6.31. The van der Waals surface area contributed by atoms with Crippen molar-refractivity contribution in [1.29, 1.82) is 0 Å². The van der Waals surface area contributed by atoms with E-state index in [1.165, 1.54) is 5.56 Å². The van der Waals surface area contributed by atoms with E-state index in [0.717, 1.165) is 11.6 Å². The van der Waals surface area contributed by atoms with Gasteiger partial charge in [-0.3, -0.25) is 0 Å². The van der Waals surface area contributed by atoms with E-state index in [2.05, 4.69) is 17.2 Å². The number of benzene rings is 1. The Bertz CT molecular complexity index is 508. The monoisotopic (exact) mass is 257 g/mol. The molecule has 1 unspecified atom stereocenters. The van der Waals surface area contributed by atoms with Crippen molar-refractivity contribution in [2.75, 3.05) is 17.7 Å². The Balaban J connectivity index is 1.82. The van der Waals surface area contributed by atoms with Gasteiger partial charge in [-0.2, -0.15) is 0 Å². The van der Waals surface area contributed by atoms with Gasteiger partial charge in [0.25, 0.3) is 0 Å². The predicted octanol–water partition coefficient (Wildman–Crippen LogP) is 2.85. The van der Waals surface area contributed by atoms with Crippen LogP contribution in [0.1, 0.15) is 12.5 Å². The first-order chi connectivity index (χ1) is 9.13. The lowest BCUT2D eigenvalue weighted by molar-refractivity contribution is 0.303. The number of ether oxygens (including phenoxy) is 1.